The number of nitrogens with one attached hydrogen (secondary N) is 2. The highest BCUT2D eigenvalue weighted by atomic mass is 35.5. The van der Waals surface area contributed by atoms with Crippen LogP contribution in [0.2, 0.25) is 15.1 Å². The van der Waals surface area contributed by atoms with Crippen LogP contribution in [-0.4, -0.2) is 38.8 Å². The number of nitrogens with two attached hydrogens (primary N) is 1. The number of urea groups is 1. The van der Waals surface area contributed by atoms with Gasteiger partial charge in [0, 0.05) is 18.7 Å². The van der Waals surface area contributed by atoms with Gasteiger partial charge in [0.05, 0.1) is 26.7 Å². The van der Waals surface area contributed by atoms with Gasteiger partial charge in [-0.2, -0.15) is 0 Å². The summed E-state index contributed by atoms with van der Waals surface area (Å²) in [5, 5.41) is 12.2. The number of hydrogen-bond acceptors (Lipinski definition) is 5. The summed E-state index contributed by atoms with van der Waals surface area (Å²) in [5.41, 5.74) is 5.39. The molecule has 1 fully saturated rings. The Kier molecular flexibility index (Phi) is 7.01. The van der Waals surface area contributed by atoms with Gasteiger partial charge in [-0.15, -0.1) is 0 Å². The van der Waals surface area contributed by atoms with Crippen molar-refractivity contribution in [1.29, 1.82) is 0 Å². The Morgan fingerprint density at radius 3 is 2.40 bits per heavy atom. The molecule has 3 rings (SSSR count). The molecule has 0 spiro atoms. The van der Waals surface area contributed by atoms with E-state index in [9.17, 15) is 18.3 Å². The van der Waals surface area contributed by atoms with Gasteiger partial charge in [0.1, 0.15) is 10.8 Å². The lowest BCUT2D eigenvalue weighted by atomic mass is 10.0. The van der Waals surface area contributed by atoms with Crippen LogP contribution in [0.4, 0.5) is 10.5 Å². The van der Waals surface area contributed by atoms with Crippen molar-refractivity contribution in [3.05, 3.63) is 39.3 Å². The standard InChI is InChI=1S/C18H18Cl3N3O5S/c19-13-12(17(25)15(21)16(14(13)20)24-18(22)26)9-3-5-11(6-4-9)30(27,28)23-8-10-2-1-7-29-10/h3-6,10,23,25H,1-2,7-8H2,(H3,22,24,26)/t10-/m1/s1. The Hall–Kier alpha value is -1.75. The van der Waals surface area contributed by atoms with E-state index in [1.807, 2.05) is 0 Å². The topological polar surface area (TPSA) is 131 Å². The van der Waals surface area contributed by atoms with E-state index in [2.05, 4.69) is 10.0 Å². The van der Waals surface area contributed by atoms with E-state index in [0.717, 1.165) is 12.8 Å². The van der Waals surface area contributed by atoms with Crippen molar-refractivity contribution >= 4 is 56.5 Å². The number of halogens is 3. The Bertz CT molecular complexity index is 1040. The lowest BCUT2D eigenvalue weighted by Crippen LogP contribution is -2.31. The summed E-state index contributed by atoms with van der Waals surface area (Å²) >= 11 is 18.5. The molecule has 162 valence electrons. The summed E-state index contributed by atoms with van der Waals surface area (Å²) < 4.78 is 32.9. The molecule has 1 heterocycles. The zero-order valence-electron chi connectivity index (χ0n) is 15.4. The molecule has 2 amide bonds. The molecule has 12 heteroatoms. The first-order chi connectivity index (χ1) is 14.1. The summed E-state index contributed by atoms with van der Waals surface area (Å²) in [7, 11) is -3.74. The molecule has 2 aromatic carbocycles. The van der Waals surface area contributed by atoms with E-state index in [1.54, 1.807) is 0 Å². The van der Waals surface area contributed by atoms with Crippen LogP contribution in [0.5, 0.6) is 5.75 Å². The number of benzene rings is 2. The lowest BCUT2D eigenvalue weighted by molar-refractivity contribution is 0.114. The molecule has 30 heavy (non-hydrogen) atoms. The number of primary amides is 1. The predicted molar refractivity (Wildman–Crippen MR) is 116 cm³/mol. The van der Waals surface area contributed by atoms with Gasteiger partial charge in [0.25, 0.3) is 0 Å². The molecule has 1 saturated heterocycles. The molecule has 0 unspecified atom stereocenters. The maximum absolute atomic E-state index is 12.5. The molecule has 0 aliphatic carbocycles. The SMILES string of the molecule is NC(=O)Nc1c(Cl)c(O)c(-c2ccc(S(=O)(=O)NC[C@H]3CCCO3)cc2)c(Cl)c1Cl. The zero-order chi connectivity index (χ0) is 22.1. The summed E-state index contributed by atoms with van der Waals surface area (Å²) in [6, 6.07) is 4.69. The highest BCUT2D eigenvalue weighted by Gasteiger charge is 2.24. The van der Waals surface area contributed by atoms with Gasteiger partial charge in [0.15, 0.2) is 0 Å². The third-order valence-electron chi connectivity index (χ3n) is 4.52. The van der Waals surface area contributed by atoms with Gasteiger partial charge in [-0.3, -0.25) is 0 Å². The summed E-state index contributed by atoms with van der Waals surface area (Å²) in [6.07, 6.45) is 1.58. The second-order valence-corrected chi connectivity index (χ2v) is 9.44. The minimum atomic E-state index is -3.74. The lowest BCUT2D eigenvalue weighted by Gasteiger charge is -2.16. The Morgan fingerprint density at radius 2 is 1.83 bits per heavy atom. The Morgan fingerprint density at radius 1 is 1.17 bits per heavy atom. The summed E-state index contributed by atoms with van der Waals surface area (Å²) in [6.45, 7) is 0.820. The van der Waals surface area contributed by atoms with Crippen LogP contribution < -0.4 is 15.8 Å². The minimum absolute atomic E-state index is 0.0315. The average Bonchev–Trinajstić information content (AvgIpc) is 3.22. The first-order valence-corrected chi connectivity index (χ1v) is 11.4. The summed E-state index contributed by atoms with van der Waals surface area (Å²) in [4.78, 5) is 11.1. The van der Waals surface area contributed by atoms with E-state index in [-0.39, 0.29) is 43.9 Å². The molecule has 0 saturated carbocycles. The smallest absolute Gasteiger partial charge is 0.316 e. The number of ether oxygens (including phenoxy) is 1. The van der Waals surface area contributed by atoms with Crippen molar-refractivity contribution in [2.24, 2.45) is 5.73 Å². The van der Waals surface area contributed by atoms with Crippen LogP contribution in [0.25, 0.3) is 11.1 Å². The Balaban J connectivity index is 1.90. The molecular weight excluding hydrogens is 477 g/mol. The van der Waals surface area contributed by atoms with Crippen molar-refractivity contribution in [2.75, 3.05) is 18.5 Å². The first-order valence-electron chi connectivity index (χ1n) is 8.79. The monoisotopic (exact) mass is 493 g/mol. The number of carbonyl (C=O) groups excluding carboxylic acids is 1. The number of anilines is 1. The number of hydrogen-bond donors (Lipinski definition) is 4. The first kappa shape index (κ1) is 22.9. The number of rotatable bonds is 6. The number of sulfonamides is 1. The van der Waals surface area contributed by atoms with Gasteiger partial charge in [0.2, 0.25) is 10.0 Å². The highest BCUT2D eigenvalue weighted by Crippen LogP contribution is 2.50. The van der Waals surface area contributed by atoms with Gasteiger partial charge < -0.3 is 20.9 Å². The maximum atomic E-state index is 12.5. The average molecular weight is 495 g/mol. The molecule has 5 N–H and O–H groups in total. The van der Waals surface area contributed by atoms with E-state index < -0.39 is 21.8 Å². The molecule has 1 aliphatic rings. The fourth-order valence-corrected chi connectivity index (χ4v) is 4.92. The Labute approximate surface area is 188 Å². The molecule has 1 atom stereocenters. The van der Waals surface area contributed by atoms with Crippen molar-refractivity contribution in [1.82, 2.24) is 4.72 Å². The van der Waals surface area contributed by atoms with E-state index in [0.29, 0.717) is 12.2 Å². The fraction of sp³-hybridized carbons (Fsp3) is 0.278. The minimum Gasteiger partial charge on any atom is -0.506 e. The normalized spacial score (nSPS) is 16.6. The van der Waals surface area contributed by atoms with Crippen molar-refractivity contribution in [2.45, 2.75) is 23.8 Å². The molecule has 2 aromatic rings. The van der Waals surface area contributed by atoms with E-state index in [4.69, 9.17) is 45.3 Å². The third-order valence-corrected chi connectivity index (χ3v) is 7.18. The highest BCUT2D eigenvalue weighted by molar-refractivity contribution is 7.89. The maximum Gasteiger partial charge on any atom is 0.316 e. The number of carbonyl (C=O) groups is 1. The predicted octanol–water partition coefficient (Wildman–Crippen LogP) is 3.97. The molecule has 8 nitrogen and oxygen atoms in total. The van der Waals surface area contributed by atoms with Crippen molar-refractivity contribution in [3.8, 4) is 16.9 Å². The zero-order valence-corrected chi connectivity index (χ0v) is 18.5. The number of amides is 2. The van der Waals surface area contributed by atoms with Crippen LogP contribution >= 0.6 is 34.8 Å². The number of aromatic hydroxyl groups is 1. The number of phenols is 1. The number of phenolic OH excluding ortho intramolecular Hbond substituents is 1. The molecule has 0 bridgehead atoms. The second-order valence-electron chi connectivity index (χ2n) is 6.54. The molecule has 0 radical (unpaired) electrons. The quantitative estimate of drug-likeness (QED) is 0.451. The fourth-order valence-electron chi connectivity index (χ4n) is 3.04. The van der Waals surface area contributed by atoms with Gasteiger partial charge >= 0.3 is 6.03 Å². The largest absolute Gasteiger partial charge is 0.506 e. The van der Waals surface area contributed by atoms with Crippen molar-refractivity contribution in [3.63, 3.8) is 0 Å². The van der Waals surface area contributed by atoms with Crippen LogP contribution in [0.3, 0.4) is 0 Å². The van der Waals surface area contributed by atoms with Gasteiger partial charge in [-0.25, -0.2) is 17.9 Å². The van der Waals surface area contributed by atoms with Crippen LogP contribution in [0.1, 0.15) is 12.8 Å². The molecular formula is C18H18Cl3N3O5S. The second kappa shape index (κ2) is 9.17. The van der Waals surface area contributed by atoms with Gasteiger partial charge in [-0.1, -0.05) is 46.9 Å². The van der Waals surface area contributed by atoms with Gasteiger partial charge in [-0.05, 0) is 30.5 Å². The van der Waals surface area contributed by atoms with E-state index >= 15 is 0 Å². The van der Waals surface area contributed by atoms with Crippen LogP contribution in [-0.2, 0) is 14.8 Å². The third kappa shape index (κ3) is 4.77. The van der Waals surface area contributed by atoms with E-state index in [1.165, 1.54) is 24.3 Å². The van der Waals surface area contributed by atoms with Crippen LogP contribution in [0, 0.1) is 0 Å². The summed E-state index contributed by atoms with van der Waals surface area (Å²) in [5.74, 6) is -0.443. The van der Waals surface area contributed by atoms with Crippen molar-refractivity contribution < 1.29 is 23.1 Å². The molecule has 0 aromatic heterocycles. The van der Waals surface area contributed by atoms with Crippen LogP contribution in [0.15, 0.2) is 29.2 Å². The molecule has 1 aliphatic heterocycles.